The molecule has 0 bridgehead atoms. The van der Waals surface area contributed by atoms with Crippen molar-refractivity contribution in [2.24, 2.45) is 0 Å². The van der Waals surface area contributed by atoms with Crippen LogP contribution in [0.15, 0.2) is 22.0 Å². The van der Waals surface area contributed by atoms with E-state index in [1.165, 1.54) is 15.5 Å². The van der Waals surface area contributed by atoms with Crippen LogP contribution in [-0.2, 0) is 13.1 Å². The van der Waals surface area contributed by atoms with Gasteiger partial charge in [-0.25, -0.2) is 9.78 Å². The first-order valence-electron chi connectivity index (χ1n) is 7.20. The number of aromatic amines is 1. The van der Waals surface area contributed by atoms with Crippen molar-refractivity contribution in [3.05, 3.63) is 48.5 Å². The third kappa shape index (κ3) is 2.55. The topological polar surface area (TPSA) is 89.8 Å². The molecule has 0 aliphatic carbocycles. The fourth-order valence-corrected chi connectivity index (χ4v) is 3.62. The quantitative estimate of drug-likeness (QED) is 0.733. The zero-order valence-corrected chi connectivity index (χ0v) is 13.9. The molecule has 0 atom stereocenters. The number of thiophene rings is 1. The highest BCUT2D eigenvalue weighted by atomic mass is 32.1. The fourth-order valence-electron chi connectivity index (χ4n) is 2.68. The number of nitrogens with one attached hydrogen (secondary N) is 1. The van der Waals surface area contributed by atoms with Crippen LogP contribution in [0.25, 0.3) is 11.2 Å². The molecule has 3 rings (SSSR count). The molecule has 23 heavy (non-hydrogen) atoms. The normalized spacial score (nSPS) is 11.3. The van der Waals surface area contributed by atoms with Gasteiger partial charge in [0, 0.05) is 21.9 Å². The summed E-state index contributed by atoms with van der Waals surface area (Å²) in [6.45, 7) is 6.05. The molecule has 0 spiro atoms. The number of H-pyrrole nitrogens is 1. The van der Waals surface area contributed by atoms with Gasteiger partial charge in [-0.3, -0.25) is 19.1 Å². The molecule has 0 radical (unpaired) electrons. The second-order valence-electron chi connectivity index (χ2n) is 5.30. The summed E-state index contributed by atoms with van der Waals surface area (Å²) < 4.78 is 2.87. The molecule has 1 N–H and O–H groups in total. The molecule has 3 heterocycles. The first-order chi connectivity index (χ1) is 10.9. The number of aromatic nitrogens is 4. The Morgan fingerprint density at radius 1 is 1.35 bits per heavy atom. The number of carbonyl (C=O) groups is 1. The second-order valence-corrected chi connectivity index (χ2v) is 6.76. The summed E-state index contributed by atoms with van der Waals surface area (Å²) in [5, 5.41) is 0. The Morgan fingerprint density at radius 3 is 2.70 bits per heavy atom. The summed E-state index contributed by atoms with van der Waals surface area (Å²) >= 11 is 1.57. The lowest BCUT2D eigenvalue weighted by Crippen LogP contribution is -2.31. The van der Waals surface area contributed by atoms with E-state index in [1.54, 1.807) is 18.3 Å². The highest BCUT2D eigenvalue weighted by molar-refractivity contribution is 7.12. The van der Waals surface area contributed by atoms with Crippen LogP contribution in [0.4, 0.5) is 0 Å². The van der Waals surface area contributed by atoms with E-state index in [4.69, 9.17) is 0 Å². The number of ketones is 1. The zero-order chi connectivity index (χ0) is 16.7. The SMILES string of the molecule is CCn1c(=O)[nH]c(=O)c2c1ncn2CC(=O)c1cc(C)sc1C. The molecule has 0 fully saturated rings. The number of imidazole rings is 1. The van der Waals surface area contributed by atoms with E-state index in [9.17, 15) is 14.4 Å². The lowest BCUT2D eigenvalue weighted by Gasteiger charge is -2.05. The van der Waals surface area contributed by atoms with Crippen LogP contribution in [0.1, 0.15) is 27.0 Å². The van der Waals surface area contributed by atoms with Crippen LogP contribution in [0, 0.1) is 13.8 Å². The summed E-state index contributed by atoms with van der Waals surface area (Å²) in [5.41, 5.74) is 0.176. The van der Waals surface area contributed by atoms with Crippen molar-refractivity contribution in [3.8, 4) is 0 Å². The van der Waals surface area contributed by atoms with E-state index >= 15 is 0 Å². The molecule has 0 amide bonds. The maximum absolute atomic E-state index is 12.5. The Morgan fingerprint density at radius 2 is 2.09 bits per heavy atom. The Bertz CT molecular complexity index is 1020. The number of aryl methyl sites for hydroxylation is 3. The number of nitrogens with zero attached hydrogens (tertiary/aromatic N) is 3. The first kappa shape index (κ1) is 15.4. The lowest BCUT2D eigenvalue weighted by molar-refractivity contribution is 0.0973. The van der Waals surface area contributed by atoms with Crippen molar-refractivity contribution in [2.45, 2.75) is 33.9 Å². The van der Waals surface area contributed by atoms with Gasteiger partial charge in [0.25, 0.3) is 5.56 Å². The van der Waals surface area contributed by atoms with Gasteiger partial charge in [-0.2, -0.15) is 0 Å². The minimum absolute atomic E-state index is 0.0124. The van der Waals surface area contributed by atoms with Crippen LogP contribution in [-0.4, -0.2) is 24.9 Å². The molecule has 0 saturated carbocycles. The van der Waals surface area contributed by atoms with Gasteiger partial charge in [-0.05, 0) is 26.8 Å². The minimum Gasteiger partial charge on any atom is -0.317 e. The molecule has 0 aliphatic rings. The van der Waals surface area contributed by atoms with Gasteiger partial charge < -0.3 is 4.57 Å². The number of fused-ring (bicyclic) bond motifs is 1. The predicted octanol–water partition coefficient (Wildman–Crippen LogP) is 1.47. The highest BCUT2D eigenvalue weighted by Crippen LogP contribution is 2.21. The van der Waals surface area contributed by atoms with Crippen LogP contribution in [0.2, 0.25) is 0 Å². The zero-order valence-electron chi connectivity index (χ0n) is 13.0. The van der Waals surface area contributed by atoms with Gasteiger partial charge in [0.05, 0.1) is 12.9 Å². The van der Waals surface area contributed by atoms with Crippen LogP contribution >= 0.6 is 11.3 Å². The Kier molecular flexibility index (Phi) is 3.77. The van der Waals surface area contributed by atoms with Crippen molar-refractivity contribution in [3.63, 3.8) is 0 Å². The molecule has 3 aromatic heterocycles. The number of rotatable bonds is 4. The monoisotopic (exact) mass is 332 g/mol. The Balaban J connectivity index is 2.08. The maximum atomic E-state index is 12.5. The summed E-state index contributed by atoms with van der Waals surface area (Å²) in [6, 6.07) is 1.85. The highest BCUT2D eigenvalue weighted by Gasteiger charge is 2.17. The molecule has 7 nitrogen and oxygen atoms in total. The van der Waals surface area contributed by atoms with Gasteiger partial charge in [0.1, 0.15) is 0 Å². The van der Waals surface area contributed by atoms with Crippen LogP contribution in [0.5, 0.6) is 0 Å². The van der Waals surface area contributed by atoms with Crippen molar-refractivity contribution in [2.75, 3.05) is 0 Å². The smallest absolute Gasteiger partial charge is 0.317 e. The standard InChI is InChI=1S/C15H16N4O3S/c1-4-19-13-12(14(21)17-15(19)22)18(7-16-13)6-11(20)10-5-8(2)23-9(10)3/h5,7H,4,6H2,1-3H3,(H,17,21,22). The van der Waals surface area contributed by atoms with Gasteiger partial charge in [0.15, 0.2) is 16.9 Å². The molecule has 0 saturated heterocycles. The molecule has 0 aliphatic heterocycles. The molecule has 0 aromatic carbocycles. The average molecular weight is 332 g/mol. The minimum atomic E-state index is -0.529. The van der Waals surface area contributed by atoms with Crippen molar-refractivity contribution in [1.82, 2.24) is 19.1 Å². The molecular weight excluding hydrogens is 316 g/mol. The largest absolute Gasteiger partial charge is 0.330 e. The maximum Gasteiger partial charge on any atom is 0.330 e. The molecule has 0 unspecified atom stereocenters. The van der Waals surface area contributed by atoms with Crippen LogP contribution < -0.4 is 11.2 Å². The van der Waals surface area contributed by atoms with Crippen molar-refractivity contribution < 1.29 is 4.79 Å². The molecule has 3 aromatic rings. The summed E-state index contributed by atoms with van der Waals surface area (Å²) in [4.78, 5) is 44.8. The average Bonchev–Trinajstić information content (AvgIpc) is 3.03. The third-order valence-electron chi connectivity index (χ3n) is 3.73. The molecule has 120 valence electrons. The predicted molar refractivity (Wildman–Crippen MR) is 88.4 cm³/mol. The van der Waals surface area contributed by atoms with E-state index in [2.05, 4.69) is 9.97 Å². The van der Waals surface area contributed by atoms with E-state index in [0.29, 0.717) is 17.8 Å². The van der Waals surface area contributed by atoms with Gasteiger partial charge in [0.2, 0.25) is 0 Å². The fraction of sp³-hybridized carbons (Fsp3) is 0.333. The van der Waals surface area contributed by atoms with Crippen molar-refractivity contribution in [1.29, 1.82) is 0 Å². The summed E-state index contributed by atoms with van der Waals surface area (Å²) in [7, 11) is 0. The molecule has 8 heteroatoms. The van der Waals surface area contributed by atoms with Crippen molar-refractivity contribution >= 4 is 28.3 Å². The van der Waals surface area contributed by atoms with Crippen LogP contribution in [0.3, 0.4) is 0 Å². The number of Topliss-reactive ketones (excluding diaryl/α,β-unsaturated/α-hetero) is 1. The van der Waals surface area contributed by atoms with E-state index in [0.717, 1.165) is 9.75 Å². The Labute approximate surface area is 135 Å². The molecular formula is C15H16N4O3S. The number of carbonyl (C=O) groups excluding carboxylic acids is 1. The van der Waals surface area contributed by atoms with Gasteiger partial charge in [-0.1, -0.05) is 0 Å². The lowest BCUT2D eigenvalue weighted by atomic mass is 10.1. The van der Waals surface area contributed by atoms with Gasteiger partial charge >= 0.3 is 5.69 Å². The number of hydrogen-bond donors (Lipinski definition) is 1. The second kappa shape index (κ2) is 5.62. The number of hydrogen-bond acceptors (Lipinski definition) is 5. The van der Waals surface area contributed by atoms with E-state index in [-0.39, 0.29) is 17.8 Å². The van der Waals surface area contributed by atoms with Gasteiger partial charge in [-0.15, -0.1) is 11.3 Å². The van der Waals surface area contributed by atoms with E-state index in [1.807, 2.05) is 19.9 Å². The third-order valence-corrected chi connectivity index (χ3v) is 4.69. The summed E-state index contributed by atoms with van der Waals surface area (Å²) in [6.07, 6.45) is 1.43. The summed E-state index contributed by atoms with van der Waals surface area (Å²) in [5.74, 6) is -0.0835. The van der Waals surface area contributed by atoms with E-state index < -0.39 is 11.2 Å². The first-order valence-corrected chi connectivity index (χ1v) is 8.02. The Hall–Kier alpha value is -2.48.